The van der Waals surface area contributed by atoms with Crippen molar-refractivity contribution in [2.24, 2.45) is 0 Å². The van der Waals surface area contributed by atoms with Gasteiger partial charge in [0.05, 0.1) is 10.6 Å². The molecule has 1 aliphatic heterocycles. The Morgan fingerprint density at radius 2 is 1.59 bits per heavy atom. The standard InChI is InChI=1S/C23H22N2O3S/c1-17-15-19-16-21(29(27,28)24(2)20-11-7-4-8-12-20)13-14-22(19)25(17)23(26)18-9-5-3-6-10-18/h3-14,16-17H,15H2,1-2H3. The molecule has 3 aromatic carbocycles. The molecule has 0 N–H and O–H groups in total. The molecule has 1 amide bonds. The number of benzene rings is 3. The first-order chi connectivity index (χ1) is 13.9. The van der Waals surface area contributed by atoms with E-state index in [1.54, 1.807) is 66.5 Å². The van der Waals surface area contributed by atoms with E-state index in [1.165, 1.54) is 4.31 Å². The summed E-state index contributed by atoms with van der Waals surface area (Å²) in [6.45, 7) is 1.98. The van der Waals surface area contributed by atoms with Gasteiger partial charge in [-0.2, -0.15) is 0 Å². The Morgan fingerprint density at radius 3 is 2.24 bits per heavy atom. The van der Waals surface area contributed by atoms with E-state index in [-0.39, 0.29) is 16.8 Å². The number of carbonyl (C=O) groups is 1. The minimum atomic E-state index is -3.69. The number of hydrogen-bond acceptors (Lipinski definition) is 3. The predicted octanol–water partition coefficient (Wildman–Crippen LogP) is 4.10. The lowest BCUT2D eigenvalue weighted by atomic mass is 10.1. The lowest BCUT2D eigenvalue weighted by Gasteiger charge is -2.23. The number of sulfonamides is 1. The highest BCUT2D eigenvalue weighted by Gasteiger charge is 2.33. The molecule has 0 saturated carbocycles. The van der Waals surface area contributed by atoms with E-state index in [0.29, 0.717) is 17.7 Å². The molecule has 1 aliphatic rings. The molecule has 5 nitrogen and oxygen atoms in total. The van der Waals surface area contributed by atoms with Crippen molar-refractivity contribution in [2.75, 3.05) is 16.3 Å². The maximum atomic E-state index is 13.1. The number of para-hydroxylation sites is 1. The van der Waals surface area contributed by atoms with Crippen molar-refractivity contribution >= 4 is 27.3 Å². The third kappa shape index (κ3) is 3.40. The van der Waals surface area contributed by atoms with Gasteiger partial charge < -0.3 is 4.90 Å². The van der Waals surface area contributed by atoms with Gasteiger partial charge in [0, 0.05) is 24.3 Å². The van der Waals surface area contributed by atoms with Crippen molar-refractivity contribution in [3.63, 3.8) is 0 Å². The Hall–Kier alpha value is -3.12. The highest BCUT2D eigenvalue weighted by Crippen LogP contribution is 2.35. The SMILES string of the molecule is CC1Cc2cc(S(=O)(=O)N(C)c3ccccc3)ccc2N1C(=O)c1ccccc1. The van der Waals surface area contributed by atoms with E-state index in [1.807, 2.05) is 31.2 Å². The van der Waals surface area contributed by atoms with Crippen LogP contribution in [-0.4, -0.2) is 27.4 Å². The maximum absolute atomic E-state index is 13.1. The Balaban J connectivity index is 1.68. The molecule has 1 unspecified atom stereocenters. The van der Waals surface area contributed by atoms with Gasteiger partial charge in [-0.05, 0) is 61.4 Å². The Morgan fingerprint density at radius 1 is 0.966 bits per heavy atom. The number of fused-ring (bicyclic) bond motifs is 1. The summed E-state index contributed by atoms with van der Waals surface area (Å²) in [4.78, 5) is 15.0. The molecule has 0 aromatic heterocycles. The third-order valence-corrected chi connectivity index (χ3v) is 7.07. The van der Waals surface area contributed by atoms with Crippen LogP contribution in [0, 0.1) is 0 Å². The van der Waals surface area contributed by atoms with Crippen molar-refractivity contribution in [2.45, 2.75) is 24.3 Å². The van der Waals surface area contributed by atoms with Crippen LogP contribution in [0.15, 0.2) is 83.8 Å². The topological polar surface area (TPSA) is 57.7 Å². The fourth-order valence-corrected chi connectivity index (χ4v) is 4.98. The van der Waals surface area contributed by atoms with Crippen LogP contribution < -0.4 is 9.21 Å². The van der Waals surface area contributed by atoms with E-state index in [4.69, 9.17) is 0 Å². The van der Waals surface area contributed by atoms with Crippen molar-refractivity contribution in [3.8, 4) is 0 Å². The lowest BCUT2D eigenvalue weighted by Crippen LogP contribution is -2.35. The van der Waals surface area contributed by atoms with Gasteiger partial charge in [0.15, 0.2) is 0 Å². The second-order valence-corrected chi connectivity index (χ2v) is 9.16. The monoisotopic (exact) mass is 406 g/mol. The predicted molar refractivity (Wildman–Crippen MR) is 115 cm³/mol. The summed E-state index contributed by atoms with van der Waals surface area (Å²) in [5.74, 6) is -0.0751. The summed E-state index contributed by atoms with van der Waals surface area (Å²) < 4.78 is 27.5. The molecule has 6 heteroatoms. The van der Waals surface area contributed by atoms with Crippen molar-refractivity contribution in [1.82, 2.24) is 0 Å². The van der Waals surface area contributed by atoms with Crippen LogP contribution in [0.1, 0.15) is 22.8 Å². The van der Waals surface area contributed by atoms with Crippen LogP contribution in [-0.2, 0) is 16.4 Å². The number of amides is 1. The zero-order valence-electron chi connectivity index (χ0n) is 16.3. The molecular weight excluding hydrogens is 384 g/mol. The molecule has 0 saturated heterocycles. The molecule has 3 aromatic rings. The van der Waals surface area contributed by atoms with Crippen molar-refractivity contribution < 1.29 is 13.2 Å². The normalized spacial score (nSPS) is 15.8. The molecule has 148 valence electrons. The van der Waals surface area contributed by atoms with Gasteiger partial charge in [-0.1, -0.05) is 36.4 Å². The summed E-state index contributed by atoms with van der Waals surface area (Å²) in [7, 11) is -2.14. The fraction of sp³-hybridized carbons (Fsp3) is 0.174. The fourth-order valence-electron chi connectivity index (χ4n) is 3.73. The average molecular weight is 407 g/mol. The summed E-state index contributed by atoms with van der Waals surface area (Å²) in [5, 5.41) is 0. The van der Waals surface area contributed by atoms with E-state index in [9.17, 15) is 13.2 Å². The van der Waals surface area contributed by atoms with Crippen LogP contribution in [0.25, 0.3) is 0 Å². The Labute approximate surface area is 171 Å². The van der Waals surface area contributed by atoms with Gasteiger partial charge in [-0.3, -0.25) is 9.10 Å². The molecule has 1 heterocycles. The van der Waals surface area contributed by atoms with Crippen molar-refractivity contribution in [3.05, 3.63) is 90.0 Å². The Kier molecular flexibility index (Phi) is 4.88. The van der Waals surface area contributed by atoms with Gasteiger partial charge in [-0.25, -0.2) is 8.42 Å². The quantitative estimate of drug-likeness (QED) is 0.655. The van der Waals surface area contributed by atoms with Crippen LogP contribution in [0.5, 0.6) is 0 Å². The minimum absolute atomic E-state index is 0.0393. The molecule has 0 bridgehead atoms. The van der Waals surface area contributed by atoms with Gasteiger partial charge in [0.1, 0.15) is 0 Å². The summed E-state index contributed by atoms with van der Waals surface area (Å²) in [5.41, 5.74) is 2.85. The zero-order valence-corrected chi connectivity index (χ0v) is 17.1. The van der Waals surface area contributed by atoms with Gasteiger partial charge in [0.2, 0.25) is 0 Å². The average Bonchev–Trinajstić information content (AvgIpc) is 3.08. The zero-order chi connectivity index (χ0) is 20.6. The van der Waals surface area contributed by atoms with Gasteiger partial charge in [0.25, 0.3) is 15.9 Å². The molecular formula is C23H22N2O3S. The van der Waals surface area contributed by atoms with Crippen LogP contribution in [0.4, 0.5) is 11.4 Å². The minimum Gasteiger partial charge on any atom is -0.305 e. The highest BCUT2D eigenvalue weighted by atomic mass is 32.2. The number of carbonyl (C=O) groups excluding carboxylic acids is 1. The maximum Gasteiger partial charge on any atom is 0.264 e. The first kappa shape index (κ1) is 19.2. The van der Waals surface area contributed by atoms with E-state index in [2.05, 4.69) is 0 Å². The molecule has 1 atom stereocenters. The van der Waals surface area contributed by atoms with E-state index in [0.717, 1.165) is 11.3 Å². The highest BCUT2D eigenvalue weighted by molar-refractivity contribution is 7.92. The number of hydrogen-bond donors (Lipinski definition) is 0. The molecule has 0 radical (unpaired) electrons. The summed E-state index contributed by atoms with van der Waals surface area (Å²) in [6.07, 6.45) is 0.617. The largest absolute Gasteiger partial charge is 0.305 e. The first-order valence-corrected chi connectivity index (χ1v) is 10.9. The Bertz CT molecular complexity index is 1150. The van der Waals surface area contributed by atoms with Crippen molar-refractivity contribution in [1.29, 1.82) is 0 Å². The van der Waals surface area contributed by atoms with E-state index < -0.39 is 10.0 Å². The molecule has 4 rings (SSSR count). The van der Waals surface area contributed by atoms with Gasteiger partial charge in [-0.15, -0.1) is 0 Å². The summed E-state index contributed by atoms with van der Waals surface area (Å²) in [6, 6.07) is 23.1. The molecule has 29 heavy (non-hydrogen) atoms. The molecule has 0 fully saturated rings. The summed E-state index contributed by atoms with van der Waals surface area (Å²) >= 11 is 0. The number of anilines is 2. The molecule has 0 spiro atoms. The first-order valence-electron chi connectivity index (χ1n) is 9.45. The van der Waals surface area contributed by atoms with Crippen LogP contribution >= 0.6 is 0 Å². The van der Waals surface area contributed by atoms with Crippen LogP contribution in [0.3, 0.4) is 0 Å². The number of nitrogens with zero attached hydrogens (tertiary/aromatic N) is 2. The second-order valence-electron chi connectivity index (χ2n) is 7.19. The third-order valence-electron chi connectivity index (χ3n) is 5.28. The number of rotatable bonds is 4. The van der Waals surface area contributed by atoms with Crippen LogP contribution in [0.2, 0.25) is 0 Å². The smallest absolute Gasteiger partial charge is 0.264 e. The second kappa shape index (κ2) is 7.37. The molecule has 0 aliphatic carbocycles. The van der Waals surface area contributed by atoms with E-state index >= 15 is 0 Å². The van der Waals surface area contributed by atoms with Gasteiger partial charge >= 0.3 is 0 Å². The lowest BCUT2D eigenvalue weighted by molar-refractivity contribution is 0.0981.